The summed E-state index contributed by atoms with van der Waals surface area (Å²) in [5.41, 5.74) is 2.51. The first-order valence-corrected chi connectivity index (χ1v) is 12.3. The molecule has 4 rings (SSSR count). The van der Waals surface area contributed by atoms with Crippen LogP contribution in [0.2, 0.25) is 0 Å². The lowest BCUT2D eigenvalue weighted by Crippen LogP contribution is -2.52. The molecule has 0 saturated carbocycles. The van der Waals surface area contributed by atoms with Crippen molar-refractivity contribution >= 4 is 0 Å². The average molecular weight is 444 g/mol. The highest BCUT2D eigenvalue weighted by molar-refractivity contribution is 5.36. The van der Waals surface area contributed by atoms with Gasteiger partial charge in [-0.1, -0.05) is 99.0 Å². The number of likely N-dealkylation sites (tertiary alicyclic amines) is 1. The SMILES string of the molecule is CCCCC[C@@H]1[C@H](c2ccccc2)N(C)[C@@H](c2ccccc2)C[C@]1(O)c1cccc(OC)c1. The zero-order chi connectivity index (χ0) is 23.3. The van der Waals surface area contributed by atoms with Crippen molar-refractivity contribution in [3.8, 4) is 5.75 Å². The second-order valence-electron chi connectivity index (χ2n) is 9.41. The lowest BCUT2D eigenvalue weighted by molar-refractivity contribution is -0.130. The Labute approximate surface area is 199 Å². The van der Waals surface area contributed by atoms with Gasteiger partial charge >= 0.3 is 0 Å². The summed E-state index contributed by atoms with van der Waals surface area (Å²) >= 11 is 0. The fraction of sp³-hybridized carbons (Fsp3) is 0.400. The Morgan fingerprint density at radius 2 is 1.58 bits per heavy atom. The first-order chi connectivity index (χ1) is 16.1. The van der Waals surface area contributed by atoms with E-state index in [2.05, 4.69) is 85.6 Å². The zero-order valence-electron chi connectivity index (χ0n) is 20.2. The van der Waals surface area contributed by atoms with Gasteiger partial charge in [0.05, 0.1) is 12.7 Å². The molecule has 0 radical (unpaired) electrons. The van der Waals surface area contributed by atoms with Crippen molar-refractivity contribution < 1.29 is 9.84 Å². The van der Waals surface area contributed by atoms with Gasteiger partial charge in [-0.3, -0.25) is 4.90 Å². The van der Waals surface area contributed by atoms with Crippen LogP contribution in [-0.4, -0.2) is 24.2 Å². The van der Waals surface area contributed by atoms with Crippen molar-refractivity contribution in [2.24, 2.45) is 5.92 Å². The maximum atomic E-state index is 12.6. The van der Waals surface area contributed by atoms with Crippen molar-refractivity contribution in [1.82, 2.24) is 4.90 Å². The van der Waals surface area contributed by atoms with E-state index in [1.807, 2.05) is 18.2 Å². The van der Waals surface area contributed by atoms with Crippen molar-refractivity contribution in [3.05, 3.63) is 102 Å². The summed E-state index contributed by atoms with van der Waals surface area (Å²) in [6.45, 7) is 2.24. The van der Waals surface area contributed by atoms with Crippen LogP contribution in [0.25, 0.3) is 0 Å². The minimum atomic E-state index is -0.962. The van der Waals surface area contributed by atoms with Crippen LogP contribution < -0.4 is 4.74 Å². The molecular weight excluding hydrogens is 406 g/mol. The molecule has 1 fully saturated rings. The van der Waals surface area contributed by atoms with E-state index in [1.165, 1.54) is 24.0 Å². The molecule has 3 heteroatoms. The molecule has 3 nitrogen and oxygen atoms in total. The number of hydrogen-bond acceptors (Lipinski definition) is 3. The Balaban J connectivity index is 1.86. The molecule has 1 aliphatic rings. The van der Waals surface area contributed by atoms with E-state index < -0.39 is 5.60 Å². The van der Waals surface area contributed by atoms with Gasteiger partial charge in [0.1, 0.15) is 5.75 Å². The molecule has 3 aromatic rings. The molecule has 0 bridgehead atoms. The Morgan fingerprint density at radius 1 is 0.909 bits per heavy atom. The quantitative estimate of drug-likeness (QED) is 0.385. The Morgan fingerprint density at radius 3 is 2.21 bits per heavy atom. The van der Waals surface area contributed by atoms with E-state index in [9.17, 15) is 5.11 Å². The van der Waals surface area contributed by atoms with Gasteiger partial charge in [-0.2, -0.15) is 0 Å². The summed E-state index contributed by atoms with van der Waals surface area (Å²) in [4.78, 5) is 2.50. The number of methoxy groups -OCH3 is 1. The molecule has 4 atom stereocenters. The first kappa shape index (κ1) is 23.5. The molecule has 0 spiro atoms. The number of piperidine rings is 1. The van der Waals surface area contributed by atoms with Crippen LogP contribution in [0.4, 0.5) is 0 Å². The number of hydrogen-bond donors (Lipinski definition) is 1. The molecule has 1 N–H and O–H groups in total. The smallest absolute Gasteiger partial charge is 0.119 e. The third-order valence-electron chi connectivity index (χ3n) is 7.44. The van der Waals surface area contributed by atoms with E-state index in [4.69, 9.17) is 4.74 Å². The van der Waals surface area contributed by atoms with E-state index in [-0.39, 0.29) is 18.0 Å². The Hall–Kier alpha value is -2.62. The van der Waals surface area contributed by atoms with Crippen LogP contribution in [0.3, 0.4) is 0 Å². The maximum absolute atomic E-state index is 12.6. The number of rotatable bonds is 8. The maximum Gasteiger partial charge on any atom is 0.119 e. The molecule has 0 unspecified atom stereocenters. The lowest BCUT2D eigenvalue weighted by atomic mass is 9.65. The fourth-order valence-corrected chi connectivity index (χ4v) is 5.71. The first-order valence-electron chi connectivity index (χ1n) is 12.3. The fourth-order valence-electron chi connectivity index (χ4n) is 5.71. The molecule has 1 heterocycles. The summed E-state index contributed by atoms with van der Waals surface area (Å²) in [5.74, 6) is 0.864. The second-order valence-corrected chi connectivity index (χ2v) is 9.41. The minimum Gasteiger partial charge on any atom is -0.497 e. The lowest BCUT2D eigenvalue weighted by Gasteiger charge is -2.54. The van der Waals surface area contributed by atoms with Crippen LogP contribution in [0, 0.1) is 5.92 Å². The molecule has 1 saturated heterocycles. The summed E-state index contributed by atoms with van der Waals surface area (Å²) in [6.07, 6.45) is 5.09. The van der Waals surface area contributed by atoms with E-state index >= 15 is 0 Å². The summed E-state index contributed by atoms with van der Waals surface area (Å²) < 4.78 is 5.55. The van der Waals surface area contributed by atoms with Crippen molar-refractivity contribution in [1.29, 1.82) is 0 Å². The highest BCUT2D eigenvalue weighted by Crippen LogP contribution is 2.55. The summed E-state index contributed by atoms with van der Waals surface area (Å²) in [5, 5.41) is 12.6. The van der Waals surface area contributed by atoms with Crippen LogP contribution in [-0.2, 0) is 5.60 Å². The third-order valence-corrected chi connectivity index (χ3v) is 7.44. The molecule has 174 valence electrons. The summed E-state index contributed by atoms with van der Waals surface area (Å²) in [7, 11) is 3.92. The van der Waals surface area contributed by atoms with Gasteiger partial charge in [0.25, 0.3) is 0 Å². The third kappa shape index (κ3) is 4.85. The standard InChI is InChI=1S/C30H37NO2/c1-4-5-8-20-27-29(24-16-11-7-12-17-24)31(2)28(23-14-9-6-10-15-23)22-30(27,32)25-18-13-19-26(21-25)33-3/h6-7,9-19,21,27-29,32H,4-5,8,20,22H2,1-3H3/t27-,28-,29+,30+/m1/s1. The number of benzene rings is 3. The molecule has 3 aromatic carbocycles. The Bertz CT molecular complexity index is 1010. The van der Waals surface area contributed by atoms with Gasteiger partial charge in [0.2, 0.25) is 0 Å². The van der Waals surface area contributed by atoms with Gasteiger partial charge in [-0.25, -0.2) is 0 Å². The van der Waals surface area contributed by atoms with Gasteiger partial charge < -0.3 is 9.84 Å². The predicted molar refractivity (Wildman–Crippen MR) is 135 cm³/mol. The van der Waals surface area contributed by atoms with Gasteiger partial charge in [-0.15, -0.1) is 0 Å². The highest BCUT2D eigenvalue weighted by atomic mass is 16.5. The highest BCUT2D eigenvalue weighted by Gasteiger charge is 2.51. The van der Waals surface area contributed by atoms with Crippen molar-refractivity contribution in [2.75, 3.05) is 14.2 Å². The van der Waals surface area contributed by atoms with Crippen LogP contribution in [0.1, 0.15) is 67.8 Å². The van der Waals surface area contributed by atoms with Crippen LogP contribution in [0.15, 0.2) is 84.9 Å². The topological polar surface area (TPSA) is 32.7 Å². The van der Waals surface area contributed by atoms with E-state index in [0.717, 1.165) is 24.2 Å². The van der Waals surface area contributed by atoms with E-state index in [1.54, 1.807) is 7.11 Å². The second kappa shape index (κ2) is 10.5. The molecule has 0 aromatic heterocycles. The van der Waals surface area contributed by atoms with E-state index in [0.29, 0.717) is 6.42 Å². The molecule has 0 aliphatic carbocycles. The largest absolute Gasteiger partial charge is 0.497 e. The normalized spacial score (nSPS) is 25.6. The minimum absolute atomic E-state index is 0.0727. The predicted octanol–water partition coefficient (Wildman–Crippen LogP) is 6.90. The number of nitrogens with zero attached hydrogens (tertiary/aromatic N) is 1. The monoisotopic (exact) mass is 443 g/mol. The molecule has 0 amide bonds. The van der Waals surface area contributed by atoms with Crippen molar-refractivity contribution in [3.63, 3.8) is 0 Å². The van der Waals surface area contributed by atoms with Gasteiger partial charge in [0, 0.05) is 24.4 Å². The zero-order valence-corrected chi connectivity index (χ0v) is 20.2. The number of ether oxygens (including phenoxy) is 1. The van der Waals surface area contributed by atoms with Crippen LogP contribution >= 0.6 is 0 Å². The number of aliphatic hydroxyl groups is 1. The molecular formula is C30H37NO2. The van der Waals surface area contributed by atoms with Gasteiger partial charge in [0.15, 0.2) is 0 Å². The number of unbranched alkanes of at least 4 members (excludes halogenated alkanes) is 2. The average Bonchev–Trinajstić information content (AvgIpc) is 2.87. The van der Waals surface area contributed by atoms with Gasteiger partial charge in [-0.05, 0) is 42.3 Å². The molecule has 33 heavy (non-hydrogen) atoms. The molecule has 1 aliphatic heterocycles. The van der Waals surface area contributed by atoms with Crippen LogP contribution in [0.5, 0.6) is 5.75 Å². The Kier molecular flexibility index (Phi) is 7.52. The van der Waals surface area contributed by atoms with Crippen molar-refractivity contribution in [2.45, 2.75) is 56.7 Å². The summed E-state index contributed by atoms with van der Waals surface area (Å²) in [6, 6.07) is 29.6.